The molecule has 0 atom stereocenters. The first-order valence-electron chi connectivity index (χ1n) is 3.25. The third kappa shape index (κ3) is 1.63. The molecule has 0 amide bonds. The van der Waals surface area contributed by atoms with Gasteiger partial charge in [-0.2, -0.15) is 0 Å². The average Bonchev–Trinajstić information content (AvgIpc) is 2.04. The van der Waals surface area contributed by atoms with E-state index in [1.54, 1.807) is 0 Å². The number of rotatable bonds is 2. The molecule has 0 radical (unpaired) electrons. The van der Waals surface area contributed by atoms with Crippen molar-refractivity contribution in [2.45, 2.75) is 6.42 Å². The van der Waals surface area contributed by atoms with Gasteiger partial charge in [0.15, 0.2) is 0 Å². The van der Waals surface area contributed by atoms with E-state index in [1.807, 2.05) is 0 Å². The number of hydrogen-bond acceptors (Lipinski definition) is 3. The Morgan fingerprint density at radius 3 is 1.92 bits per heavy atom. The van der Waals surface area contributed by atoms with Crippen LogP contribution in [0.3, 0.4) is 0 Å². The van der Waals surface area contributed by atoms with E-state index in [2.05, 4.69) is 5.32 Å². The second-order valence-corrected chi connectivity index (χ2v) is 2.21. The normalized spacial score (nSPS) is 15.7. The zero-order valence-electron chi connectivity index (χ0n) is 6.07. The van der Waals surface area contributed by atoms with Gasteiger partial charge in [-0.1, -0.05) is 0 Å². The predicted molar refractivity (Wildman–Crippen MR) is 39.2 cm³/mol. The molecule has 0 bridgehead atoms. The van der Waals surface area contributed by atoms with Gasteiger partial charge in [-0.3, -0.25) is 0 Å². The number of hydrogen-bond donors (Lipinski definition) is 3. The van der Waals surface area contributed by atoms with Gasteiger partial charge in [0.1, 0.15) is 11.4 Å². The van der Waals surface area contributed by atoms with Crippen LogP contribution in [0, 0.1) is 0 Å². The van der Waals surface area contributed by atoms with Crippen molar-refractivity contribution in [2.24, 2.45) is 0 Å². The third-order valence-electron chi connectivity index (χ3n) is 1.37. The summed E-state index contributed by atoms with van der Waals surface area (Å²) in [7, 11) is 0. The van der Waals surface area contributed by atoms with Crippen molar-refractivity contribution < 1.29 is 19.8 Å². The minimum absolute atomic E-state index is 0.0881. The Labute approximate surface area is 68.0 Å². The van der Waals surface area contributed by atoms with E-state index in [9.17, 15) is 9.59 Å². The topological polar surface area (TPSA) is 86.6 Å². The Morgan fingerprint density at radius 1 is 1.17 bits per heavy atom. The fourth-order valence-electron chi connectivity index (χ4n) is 0.823. The van der Waals surface area contributed by atoms with Crippen molar-refractivity contribution in [1.29, 1.82) is 0 Å². The van der Waals surface area contributed by atoms with E-state index < -0.39 is 11.9 Å². The fraction of sp³-hybridized carbons (Fsp3) is 0.143. The van der Waals surface area contributed by atoms with Crippen LogP contribution in [0.25, 0.3) is 0 Å². The minimum atomic E-state index is -1.15. The van der Waals surface area contributed by atoms with Crippen LogP contribution >= 0.6 is 0 Å². The van der Waals surface area contributed by atoms with Gasteiger partial charge < -0.3 is 15.5 Å². The highest BCUT2D eigenvalue weighted by Crippen LogP contribution is 2.06. The van der Waals surface area contributed by atoms with E-state index in [0.717, 1.165) is 0 Å². The summed E-state index contributed by atoms with van der Waals surface area (Å²) in [6.45, 7) is 0. The number of nitrogens with one attached hydrogen (secondary N) is 1. The van der Waals surface area contributed by atoms with Crippen molar-refractivity contribution in [1.82, 2.24) is 5.32 Å². The summed E-state index contributed by atoms with van der Waals surface area (Å²) in [6.07, 6.45) is 3.15. The maximum Gasteiger partial charge on any atom is 0.351 e. The molecule has 12 heavy (non-hydrogen) atoms. The molecule has 1 aliphatic rings. The summed E-state index contributed by atoms with van der Waals surface area (Å²) in [5.74, 6) is -2.30. The summed E-state index contributed by atoms with van der Waals surface area (Å²) in [5.41, 5.74) is -0.176. The summed E-state index contributed by atoms with van der Waals surface area (Å²) in [5, 5.41) is 19.2. The molecule has 0 spiro atoms. The van der Waals surface area contributed by atoms with Crippen molar-refractivity contribution >= 4 is 11.9 Å². The molecule has 5 nitrogen and oxygen atoms in total. The average molecular weight is 169 g/mol. The first-order valence-corrected chi connectivity index (χ1v) is 3.25. The zero-order valence-corrected chi connectivity index (χ0v) is 6.07. The van der Waals surface area contributed by atoms with Crippen molar-refractivity contribution in [3.63, 3.8) is 0 Å². The van der Waals surface area contributed by atoms with Crippen molar-refractivity contribution in [2.75, 3.05) is 0 Å². The lowest BCUT2D eigenvalue weighted by Crippen LogP contribution is -2.26. The fourth-order valence-corrected chi connectivity index (χ4v) is 0.823. The van der Waals surface area contributed by atoms with E-state index >= 15 is 0 Å². The van der Waals surface area contributed by atoms with Crippen LogP contribution in [0.15, 0.2) is 23.5 Å². The van der Waals surface area contributed by atoms with Crippen LogP contribution in [-0.2, 0) is 9.59 Å². The summed E-state index contributed by atoms with van der Waals surface area (Å²) >= 11 is 0. The highest BCUT2D eigenvalue weighted by Gasteiger charge is 2.15. The van der Waals surface area contributed by atoms with Crippen LogP contribution < -0.4 is 5.32 Å². The monoisotopic (exact) mass is 169 g/mol. The van der Waals surface area contributed by atoms with Gasteiger partial charge in [0, 0.05) is 0 Å². The maximum absolute atomic E-state index is 10.4. The lowest BCUT2D eigenvalue weighted by molar-refractivity contribution is -0.133. The molecular formula is C7H7NO4. The van der Waals surface area contributed by atoms with Gasteiger partial charge in [-0.05, 0) is 18.6 Å². The molecule has 1 heterocycles. The van der Waals surface area contributed by atoms with Crippen molar-refractivity contribution in [3.8, 4) is 0 Å². The molecule has 3 N–H and O–H groups in total. The summed E-state index contributed by atoms with van der Waals surface area (Å²) < 4.78 is 0. The lowest BCUT2D eigenvalue weighted by atomic mass is 10.2. The number of carboxylic acid groups (broad SMARTS) is 2. The molecule has 0 aromatic carbocycles. The molecular weight excluding hydrogens is 162 g/mol. The number of allylic oxidation sites excluding steroid dienone is 2. The van der Waals surface area contributed by atoms with Crippen LogP contribution in [0.4, 0.5) is 0 Å². The molecule has 64 valence electrons. The Bertz CT molecular complexity index is 262. The predicted octanol–water partition coefficient (Wildman–Crippen LogP) is -0.0833. The highest BCUT2D eigenvalue weighted by atomic mass is 16.4. The Kier molecular flexibility index (Phi) is 2.14. The molecule has 5 heteroatoms. The number of carboxylic acids is 2. The van der Waals surface area contributed by atoms with Crippen LogP contribution in [0.1, 0.15) is 6.42 Å². The summed E-state index contributed by atoms with van der Waals surface area (Å²) in [6, 6.07) is 0. The lowest BCUT2D eigenvalue weighted by Gasteiger charge is -2.10. The van der Waals surface area contributed by atoms with E-state index in [4.69, 9.17) is 10.2 Å². The van der Waals surface area contributed by atoms with Crippen LogP contribution in [0.5, 0.6) is 0 Å². The smallest absolute Gasteiger partial charge is 0.351 e. The number of dihydropyridines is 1. The van der Waals surface area contributed by atoms with Gasteiger partial charge in [-0.25, -0.2) is 9.59 Å². The van der Waals surface area contributed by atoms with Gasteiger partial charge in [0.2, 0.25) is 0 Å². The first-order chi connectivity index (χ1) is 5.61. The number of aliphatic carboxylic acids is 2. The molecule has 0 aromatic heterocycles. The largest absolute Gasteiger partial charge is 0.477 e. The second kappa shape index (κ2) is 3.08. The van der Waals surface area contributed by atoms with Crippen molar-refractivity contribution in [3.05, 3.63) is 23.5 Å². The molecule has 1 aliphatic heterocycles. The van der Waals surface area contributed by atoms with Gasteiger partial charge in [0.05, 0.1) is 0 Å². The standard InChI is InChI=1S/C7H7NO4/c9-6(10)4-2-1-3-5(8-4)7(11)12/h2-3,8H,1H2,(H,9,10)(H,11,12). The van der Waals surface area contributed by atoms with Crippen LogP contribution in [-0.4, -0.2) is 22.2 Å². The van der Waals surface area contributed by atoms with Gasteiger partial charge >= 0.3 is 11.9 Å². The molecule has 0 unspecified atom stereocenters. The summed E-state index contributed by atoms with van der Waals surface area (Å²) in [4.78, 5) is 20.7. The first kappa shape index (κ1) is 8.32. The number of carbonyl (C=O) groups is 2. The SMILES string of the molecule is O=C(O)C1=CCC=C(C(=O)O)N1. The molecule has 1 rings (SSSR count). The Morgan fingerprint density at radius 2 is 1.58 bits per heavy atom. The van der Waals surface area contributed by atoms with Gasteiger partial charge in [-0.15, -0.1) is 0 Å². The molecule has 0 aliphatic carbocycles. The Balaban J connectivity index is 2.73. The highest BCUT2D eigenvalue weighted by molar-refractivity contribution is 5.92. The van der Waals surface area contributed by atoms with Crippen LogP contribution in [0.2, 0.25) is 0 Å². The Hall–Kier alpha value is -1.78. The van der Waals surface area contributed by atoms with E-state index in [1.165, 1.54) is 12.2 Å². The zero-order chi connectivity index (χ0) is 9.14. The quantitative estimate of drug-likeness (QED) is 0.538. The third-order valence-corrected chi connectivity index (χ3v) is 1.37. The minimum Gasteiger partial charge on any atom is -0.477 e. The second-order valence-electron chi connectivity index (χ2n) is 2.21. The molecule has 0 saturated heterocycles. The van der Waals surface area contributed by atoms with E-state index in [0.29, 0.717) is 6.42 Å². The van der Waals surface area contributed by atoms with E-state index in [-0.39, 0.29) is 11.4 Å². The van der Waals surface area contributed by atoms with Gasteiger partial charge in [0.25, 0.3) is 0 Å². The molecule has 0 fully saturated rings. The molecule has 0 aromatic rings. The maximum atomic E-state index is 10.4. The molecule has 0 saturated carbocycles.